The van der Waals surface area contributed by atoms with Gasteiger partial charge in [0.05, 0.1) is 0 Å². The van der Waals surface area contributed by atoms with Gasteiger partial charge in [-0.3, -0.25) is 4.67 Å². The molecular formula is C18H29N2PS. The van der Waals surface area contributed by atoms with Gasteiger partial charge in [-0.05, 0) is 23.6 Å². The van der Waals surface area contributed by atoms with E-state index >= 15 is 0 Å². The molecule has 22 heavy (non-hydrogen) atoms. The molecule has 0 saturated heterocycles. The molecule has 1 heterocycles. The van der Waals surface area contributed by atoms with Gasteiger partial charge in [-0.1, -0.05) is 64.6 Å². The summed E-state index contributed by atoms with van der Waals surface area (Å²) >= 11 is 6.16. The summed E-state index contributed by atoms with van der Waals surface area (Å²) in [5.41, 5.74) is 4.11. The summed E-state index contributed by atoms with van der Waals surface area (Å²) < 4.78 is 2.49. The van der Waals surface area contributed by atoms with Crippen LogP contribution in [0.5, 0.6) is 0 Å². The standard InChI is InChI=1S/C18H29N2PS/c1-7-20(8-2)21(22,9-3)14-17-18(4,5)15-12-10-11-13-16(15)19(17)6/h10-14H,7-9H2,1-6H3/b17-14+/t21-/m1/s1. The van der Waals surface area contributed by atoms with E-state index in [-0.39, 0.29) is 5.41 Å². The lowest BCUT2D eigenvalue weighted by molar-refractivity contribution is 0.508. The second kappa shape index (κ2) is 6.47. The summed E-state index contributed by atoms with van der Waals surface area (Å²) in [5, 5.41) is 0. The second-order valence-corrected chi connectivity index (χ2v) is 11.3. The van der Waals surface area contributed by atoms with Gasteiger partial charge in [0, 0.05) is 43.1 Å². The molecule has 0 fully saturated rings. The predicted molar refractivity (Wildman–Crippen MR) is 104 cm³/mol. The summed E-state index contributed by atoms with van der Waals surface area (Å²) in [6.07, 6.45) is -0.593. The lowest BCUT2D eigenvalue weighted by atomic mass is 9.84. The van der Waals surface area contributed by atoms with Crippen LogP contribution in [0.25, 0.3) is 0 Å². The lowest BCUT2D eigenvalue weighted by Crippen LogP contribution is -2.25. The summed E-state index contributed by atoms with van der Waals surface area (Å²) in [6, 6.07) is 8.72. The molecule has 0 amide bonds. The van der Waals surface area contributed by atoms with Crippen LogP contribution in [-0.4, -0.2) is 31.0 Å². The maximum absolute atomic E-state index is 6.16. The summed E-state index contributed by atoms with van der Waals surface area (Å²) in [4.78, 5) is 2.34. The van der Waals surface area contributed by atoms with E-state index in [1.54, 1.807) is 0 Å². The molecule has 0 spiro atoms. The van der Waals surface area contributed by atoms with Crippen LogP contribution in [0.1, 0.15) is 40.2 Å². The monoisotopic (exact) mass is 336 g/mol. The minimum atomic E-state index is -1.64. The van der Waals surface area contributed by atoms with Crippen molar-refractivity contribution in [1.29, 1.82) is 0 Å². The minimum absolute atomic E-state index is 0.0255. The molecule has 0 aliphatic carbocycles. The Labute approximate surface area is 141 Å². The van der Waals surface area contributed by atoms with E-state index in [4.69, 9.17) is 11.8 Å². The Hall–Kier alpha value is -0.630. The third-order valence-electron chi connectivity index (χ3n) is 4.93. The third-order valence-corrected chi connectivity index (χ3v) is 9.79. The van der Waals surface area contributed by atoms with Crippen LogP contribution in [0.3, 0.4) is 0 Å². The molecule has 1 aromatic carbocycles. The van der Waals surface area contributed by atoms with Crippen molar-refractivity contribution in [3.8, 4) is 0 Å². The van der Waals surface area contributed by atoms with Gasteiger partial charge < -0.3 is 4.90 Å². The van der Waals surface area contributed by atoms with E-state index in [0.29, 0.717) is 0 Å². The van der Waals surface area contributed by atoms with Crippen molar-refractivity contribution in [2.24, 2.45) is 0 Å². The number of benzene rings is 1. The quantitative estimate of drug-likeness (QED) is 0.698. The van der Waals surface area contributed by atoms with Gasteiger partial charge in [0.1, 0.15) is 0 Å². The number of para-hydroxylation sites is 1. The van der Waals surface area contributed by atoms with Crippen LogP contribution in [0.2, 0.25) is 0 Å². The molecular weight excluding hydrogens is 307 g/mol. The number of anilines is 1. The van der Waals surface area contributed by atoms with Crippen molar-refractivity contribution in [3.63, 3.8) is 0 Å². The van der Waals surface area contributed by atoms with E-state index in [2.05, 4.69) is 81.3 Å². The molecule has 4 heteroatoms. The molecule has 2 nitrogen and oxygen atoms in total. The van der Waals surface area contributed by atoms with E-state index in [0.717, 1.165) is 19.3 Å². The van der Waals surface area contributed by atoms with E-state index in [9.17, 15) is 0 Å². The van der Waals surface area contributed by atoms with Gasteiger partial charge in [0.25, 0.3) is 0 Å². The highest BCUT2D eigenvalue weighted by molar-refractivity contribution is 8.15. The number of hydrogen-bond acceptors (Lipinski definition) is 2. The Morgan fingerprint density at radius 3 is 2.27 bits per heavy atom. The molecule has 0 unspecified atom stereocenters. The first-order valence-electron chi connectivity index (χ1n) is 8.22. The molecule has 122 valence electrons. The fraction of sp³-hybridized carbons (Fsp3) is 0.556. The molecule has 1 aliphatic rings. The SMILES string of the molecule is CCN(CC)[P@](=S)(/C=C1/N(C)c2ccccc2C1(C)C)CC. The first-order valence-corrected chi connectivity index (χ1v) is 11.2. The Morgan fingerprint density at radius 1 is 1.18 bits per heavy atom. The lowest BCUT2D eigenvalue weighted by Gasteiger charge is -2.34. The van der Waals surface area contributed by atoms with Crippen LogP contribution in [0, 0.1) is 0 Å². The molecule has 1 atom stereocenters. The van der Waals surface area contributed by atoms with Crippen LogP contribution in [0.4, 0.5) is 5.69 Å². The molecule has 1 aromatic rings. The van der Waals surface area contributed by atoms with Crippen LogP contribution in [-0.2, 0) is 17.2 Å². The molecule has 0 bridgehead atoms. The number of fused-ring (bicyclic) bond motifs is 1. The highest BCUT2D eigenvalue weighted by atomic mass is 32.4. The Bertz CT molecular complexity index is 617. The molecule has 0 saturated carbocycles. The molecule has 0 radical (unpaired) electrons. The number of allylic oxidation sites excluding steroid dienone is 1. The maximum Gasteiger partial charge on any atom is 0.0448 e. The van der Waals surface area contributed by atoms with Crippen LogP contribution < -0.4 is 4.90 Å². The Morgan fingerprint density at radius 2 is 1.77 bits per heavy atom. The van der Waals surface area contributed by atoms with E-state index < -0.39 is 6.19 Å². The zero-order valence-corrected chi connectivity index (χ0v) is 16.5. The van der Waals surface area contributed by atoms with Gasteiger partial charge in [0.2, 0.25) is 0 Å². The van der Waals surface area contributed by atoms with E-state index in [1.807, 2.05) is 0 Å². The molecule has 0 aromatic heterocycles. The third kappa shape index (κ3) is 2.79. The predicted octanol–water partition coefficient (Wildman–Crippen LogP) is 5.01. The number of rotatable bonds is 5. The molecule has 2 rings (SSSR count). The zero-order valence-electron chi connectivity index (χ0n) is 14.8. The minimum Gasteiger partial charge on any atom is -0.347 e. The van der Waals surface area contributed by atoms with Crippen LogP contribution >= 0.6 is 6.19 Å². The number of nitrogens with zero attached hydrogens (tertiary/aromatic N) is 2. The van der Waals surface area contributed by atoms with Gasteiger partial charge >= 0.3 is 0 Å². The summed E-state index contributed by atoms with van der Waals surface area (Å²) in [7, 11) is 2.18. The fourth-order valence-electron chi connectivity index (χ4n) is 3.50. The summed E-state index contributed by atoms with van der Waals surface area (Å²) in [5.74, 6) is 2.44. The molecule has 0 N–H and O–H groups in total. The molecule has 1 aliphatic heterocycles. The second-order valence-electron chi connectivity index (χ2n) is 6.43. The largest absolute Gasteiger partial charge is 0.347 e. The fourth-order valence-corrected chi connectivity index (χ4v) is 7.07. The van der Waals surface area contributed by atoms with Crippen molar-refractivity contribution >= 4 is 23.7 Å². The Kier molecular flexibility index (Phi) is 5.21. The topological polar surface area (TPSA) is 6.48 Å². The van der Waals surface area contributed by atoms with E-state index in [1.165, 1.54) is 16.9 Å². The summed E-state index contributed by atoms with van der Waals surface area (Å²) in [6.45, 7) is 13.4. The highest BCUT2D eigenvalue weighted by Gasteiger charge is 2.39. The van der Waals surface area contributed by atoms with Crippen molar-refractivity contribution in [2.75, 3.05) is 31.2 Å². The van der Waals surface area contributed by atoms with Gasteiger partial charge in [-0.15, -0.1) is 0 Å². The highest BCUT2D eigenvalue weighted by Crippen LogP contribution is 2.56. The van der Waals surface area contributed by atoms with Crippen molar-refractivity contribution in [1.82, 2.24) is 4.67 Å². The first kappa shape index (κ1) is 17.7. The maximum atomic E-state index is 6.16. The van der Waals surface area contributed by atoms with Crippen molar-refractivity contribution in [2.45, 2.75) is 40.0 Å². The first-order chi connectivity index (χ1) is 10.3. The van der Waals surface area contributed by atoms with Crippen LogP contribution in [0.15, 0.2) is 35.8 Å². The zero-order chi connectivity index (χ0) is 16.5. The van der Waals surface area contributed by atoms with Gasteiger partial charge in [-0.2, -0.15) is 0 Å². The van der Waals surface area contributed by atoms with Crippen molar-refractivity contribution in [3.05, 3.63) is 41.3 Å². The average molecular weight is 336 g/mol. The van der Waals surface area contributed by atoms with Gasteiger partial charge in [0.15, 0.2) is 0 Å². The number of likely N-dealkylation sites (N-methyl/N-ethyl adjacent to an activating group) is 1. The smallest absolute Gasteiger partial charge is 0.0448 e. The van der Waals surface area contributed by atoms with Gasteiger partial charge in [-0.25, -0.2) is 0 Å². The average Bonchev–Trinajstić information content (AvgIpc) is 2.70. The Balaban J connectivity index is 2.55. The normalized spacial score (nSPS) is 21.2. The number of hydrogen-bond donors (Lipinski definition) is 0. The van der Waals surface area contributed by atoms with Crippen molar-refractivity contribution < 1.29 is 0 Å².